The number of nitrogens with zero attached hydrogens (tertiary/aromatic N) is 3. The van der Waals surface area contributed by atoms with Crippen LogP contribution in [0.3, 0.4) is 0 Å². The van der Waals surface area contributed by atoms with Crippen LogP contribution in [0.15, 0.2) is 41.3 Å². The Hall–Kier alpha value is -2.89. The molecule has 0 bridgehead atoms. The lowest BCUT2D eigenvalue weighted by Crippen LogP contribution is -2.45. The second-order valence-corrected chi connectivity index (χ2v) is 9.76. The van der Waals surface area contributed by atoms with E-state index in [1.807, 2.05) is 29.3 Å². The van der Waals surface area contributed by atoms with Crippen molar-refractivity contribution in [2.75, 3.05) is 19.6 Å². The topological polar surface area (TPSA) is 62.6 Å². The number of carbonyl (C=O) groups is 2. The van der Waals surface area contributed by atoms with E-state index >= 15 is 0 Å². The normalized spacial score (nSPS) is 19.0. The molecule has 5 rings (SSSR count). The van der Waals surface area contributed by atoms with Gasteiger partial charge >= 0.3 is 0 Å². The highest BCUT2D eigenvalue weighted by atomic mass is 16.2. The number of carbonyl (C=O) groups excluding carboxylic acids is 2. The van der Waals surface area contributed by atoms with E-state index in [2.05, 4.69) is 12.1 Å². The molecule has 1 aliphatic carbocycles. The first-order chi connectivity index (χ1) is 15.5. The molecule has 2 aromatic rings. The number of likely N-dealkylation sites (tertiary alicyclic amines) is 1. The maximum absolute atomic E-state index is 13.7. The molecule has 168 valence electrons. The molecule has 2 amide bonds. The van der Waals surface area contributed by atoms with E-state index in [1.165, 1.54) is 19.3 Å². The number of aryl methyl sites for hydroxylation is 2. The molecule has 6 heteroatoms. The van der Waals surface area contributed by atoms with Crippen LogP contribution in [0.2, 0.25) is 0 Å². The summed E-state index contributed by atoms with van der Waals surface area (Å²) in [5, 5.41) is 0. The van der Waals surface area contributed by atoms with Crippen LogP contribution in [0.4, 0.5) is 0 Å². The van der Waals surface area contributed by atoms with E-state index < -0.39 is 0 Å². The fraction of sp³-hybridized carbons (Fsp3) is 0.500. The third-order valence-corrected chi connectivity index (χ3v) is 7.52. The maximum atomic E-state index is 13.7. The average Bonchev–Trinajstić information content (AvgIpc) is 3.55. The van der Waals surface area contributed by atoms with Gasteiger partial charge < -0.3 is 14.4 Å². The Kier molecular flexibility index (Phi) is 5.39. The van der Waals surface area contributed by atoms with Crippen molar-refractivity contribution in [3.8, 4) is 0 Å². The number of fused-ring (bicyclic) bond motifs is 1. The number of piperidine rings is 1. The second kappa shape index (κ2) is 8.23. The van der Waals surface area contributed by atoms with Gasteiger partial charge in [0.25, 0.3) is 11.5 Å². The Morgan fingerprint density at radius 2 is 1.81 bits per heavy atom. The first-order valence-electron chi connectivity index (χ1n) is 11.8. The van der Waals surface area contributed by atoms with Crippen LogP contribution in [0.5, 0.6) is 0 Å². The van der Waals surface area contributed by atoms with Crippen molar-refractivity contribution in [2.45, 2.75) is 58.5 Å². The number of rotatable bonds is 4. The Morgan fingerprint density at radius 1 is 1.03 bits per heavy atom. The van der Waals surface area contributed by atoms with Gasteiger partial charge in [-0.1, -0.05) is 30.3 Å². The number of hydrogen-bond acceptors (Lipinski definition) is 3. The van der Waals surface area contributed by atoms with E-state index in [0.29, 0.717) is 37.0 Å². The van der Waals surface area contributed by atoms with Crippen LogP contribution < -0.4 is 5.56 Å². The predicted octanol–water partition coefficient (Wildman–Crippen LogP) is 3.01. The minimum Gasteiger partial charge on any atom is -0.338 e. The summed E-state index contributed by atoms with van der Waals surface area (Å²) in [6.07, 6.45) is 7.75. The number of pyridine rings is 1. The van der Waals surface area contributed by atoms with Gasteiger partial charge in [0.1, 0.15) is 5.56 Å². The molecule has 3 aliphatic rings. The summed E-state index contributed by atoms with van der Waals surface area (Å²) in [7, 11) is 0. The van der Waals surface area contributed by atoms with E-state index in [1.54, 1.807) is 16.4 Å². The third-order valence-electron chi connectivity index (χ3n) is 7.52. The van der Waals surface area contributed by atoms with Crippen LogP contribution in [0.25, 0.3) is 0 Å². The van der Waals surface area contributed by atoms with Gasteiger partial charge in [-0.3, -0.25) is 14.4 Å². The monoisotopic (exact) mass is 433 g/mol. The number of hydrogen-bond donors (Lipinski definition) is 0. The lowest BCUT2D eigenvalue weighted by Gasteiger charge is -2.35. The SMILES string of the molecule is CC(=O)N1CCc2c(cn(CCc3ccccc3)c(=O)c2C(=O)N2CCCC3(CC3)C2)C1. The molecule has 3 heterocycles. The van der Waals surface area contributed by atoms with Crippen molar-refractivity contribution in [1.29, 1.82) is 0 Å². The van der Waals surface area contributed by atoms with Crippen LogP contribution in [-0.2, 0) is 30.7 Å². The highest BCUT2D eigenvalue weighted by Crippen LogP contribution is 2.52. The van der Waals surface area contributed by atoms with Gasteiger partial charge in [0.15, 0.2) is 0 Å². The quantitative estimate of drug-likeness (QED) is 0.745. The molecular formula is C26H31N3O3. The van der Waals surface area contributed by atoms with Crippen molar-refractivity contribution in [3.63, 3.8) is 0 Å². The molecule has 1 saturated heterocycles. The maximum Gasteiger partial charge on any atom is 0.263 e. The molecule has 0 unspecified atom stereocenters. The van der Waals surface area contributed by atoms with Gasteiger partial charge in [0.05, 0.1) is 0 Å². The van der Waals surface area contributed by atoms with E-state index in [4.69, 9.17) is 0 Å². The molecule has 6 nitrogen and oxygen atoms in total. The minimum atomic E-state index is -0.184. The first-order valence-corrected chi connectivity index (χ1v) is 11.8. The molecule has 1 saturated carbocycles. The minimum absolute atomic E-state index is 0.0252. The fourth-order valence-corrected chi connectivity index (χ4v) is 5.39. The van der Waals surface area contributed by atoms with Gasteiger partial charge in [-0.05, 0) is 60.6 Å². The van der Waals surface area contributed by atoms with Crippen molar-refractivity contribution in [3.05, 3.63) is 69.1 Å². The van der Waals surface area contributed by atoms with Gasteiger partial charge in [0, 0.05) is 45.8 Å². The van der Waals surface area contributed by atoms with Gasteiger partial charge in [-0.25, -0.2) is 0 Å². The first kappa shape index (κ1) is 21.0. The summed E-state index contributed by atoms with van der Waals surface area (Å²) in [5.74, 6) is -0.0835. The van der Waals surface area contributed by atoms with Gasteiger partial charge in [-0.15, -0.1) is 0 Å². The molecule has 1 spiro atoms. The largest absolute Gasteiger partial charge is 0.338 e. The fourth-order valence-electron chi connectivity index (χ4n) is 5.39. The Bertz CT molecular complexity index is 1100. The lowest BCUT2D eigenvalue weighted by molar-refractivity contribution is -0.129. The summed E-state index contributed by atoms with van der Waals surface area (Å²) >= 11 is 0. The van der Waals surface area contributed by atoms with Crippen LogP contribution in [0.1, 0.15) is 59.7 Å². The Morgan fingerprint density at radius 3 is 2.53 bits per heavy atom. The molecule has 2 fully saturated rings. The smallest absolute Gasteiger partial charge is 0.263 e. The summed E-state index contributed by atoms with van der Waals surface area (Å²) in [6, 6.07) is 10.1. The lowest BCUT2D eigenvalue weighted by atomic mass is 9.92. The number of aromatic nitrogens is 1. The second-order valence-electron chi connectivity index (χ2n) is 9.76. The third kappa shape index (κ3) is 3.98. The molecular weight excluding hydrogens is 402 g/mol. The zero-order valence-corrected chi connectivity index (χ0v) is 18.8. The highest BCUT2D eigenvalue weighted by molar-refractivity contribution is 5.96. The van der Waals surface area contributed by atoms with E-state index in [0.717, 1.165) is 42.6 Å². The van der Waals surface area contributed by atoms with Crippen molar-refractivity contribution >= 4 is 11.8 Å². The highest BCUT2D eigenvalue weighted by Gasteiger charge is 2.47. The molecule has 1 aromatic heterocycles. The van der Waals surface area contributed by atoms with Crippen LogP contribution in [0, 0.1) is 5.41 Å². The Balaban J connectivity index is 1.50. The van der Waals surface area contributed by atoms with Crippen LogP contribution in [-0.4, -0.2) is 45.8 Å². The Labute approximate surface area is 188 Å². The zero-order valence-electron chi connectivity index (χ0n) is 18.8. The van der Waals surface area contributed by atoms with Gasteiger partial charge in [0.2, 0.25) is 5.91 Å². The number of amides is 2. The molecule has 2 aliphatic heterocycles. The predicted molar refractivity (Wildman–Crippen MR) is 122 cm³/mol. The summed E-state index contributed by atoms with van der Waals surface area (Å²) in [5.41, 5.74) is 3.40. The van der Waals surface area contributed by atoms with Gasteiger partial charge in [-0.2, -0.15) is 0 Å². The van der Waals surface area contributed by atoms with Crippen molar-refractivity contribution in [2.24, 2.45) is 5.41 Å². The summed E-state index contributed by atoms with van der Waals surface area (Å²) < 4.78 is 1.69. The average molecular weight is 434 g/mol. The van der Waals surface area contributed by atoms with E-state index in [-0.39, 0.29) is 17.4 Å². The molecule has 0 N–H and O–H groups in total. The van der Waals surface area contributed by atoms with E-state index in [9.17, 15) is 14.4 Å². The molecule has 1 aromatic carbocycles. The van der Waals surface area contributed by atoms with Crippen LogP contribution >= 0.6 is 0 Å². The summed E-state index contributed by atoms with van der Waals surface area (Å²) in [4.78, 5) is 43.0. The molecule has 0 radical (unpaired) electrons. The number of benzene rings is 1. The summed E-state index contributed by atoms with van der Waals surface area (Å²) in [6.45, 7) is 4.61. The standard InChI is InChI=1S/C26H31N3O3/c1-19(30)27-15-9-22-21(16-27)17-28(14-8-20-6-3-2-4-7-20)24(31)23(22)25(32)29-13-5-10-26(18-29)11-12-26/h2-4,6-7,17H,5,8-16,18H2,1H3. The zero-order chi connectivity index (χ0) is 22.3. The molecule has 32 heavy (non-hydrogen) atoms. The molecule has 0 atom stereocenters. The van der Waals surface area contributed by atoms with Crippen molar-refractivity contribution in [1.82, 2.24) is 14.4 Å². The van der Waals surface area contributed by atoms with Crippen molar-refractivity contribution < 1.29 is 9.59 Å².